The van der Waals surface area contributed by atoms with Crippen molar-refractivity contribution < 1.29 is 9.53 Å². The monoisotopic (exact) mass is 252 g/mol. The Morgan fingerprint density at radius 2 is 2.06 bits per heavy atom. The van der Waals surface area contributed by atoms with Crippen LogP contribution in [0.25, 0.3) is 0 Å². The minimum Gasteiger partial charge on any atom is -0.475 e. The molecule has 0 saturated heterocycles. The van der Waals surface area contributed by atoms with Crippen molar-refractivity contribution in [1.82, 2.24) is 15.5 Å². The number of nitrogens with two attached hydrogens (primary N) is 1. The van der Waals surface area contributed by atoms with Crippen LogP contribution in [0.3, 0.4) is 0 Å². The topological polar surface area (TPSA) is 90.1 Å². The van der Waals surface area contributed by atoms with Gasteiger partial charge in [0.2, 0.25) is 5.88 Å². The minimum absolute atomic E-state index is 0.259. The highest BCUT2D eigenvalue weighted by molar-refractivity contribution is 5.91. The molecule has 100 valence electrons. The van der Waals surface area contributed by atoms with Crippen LogP contribution < -0.4 is 15.8 Å². The largest absolute Gasteiger partial charge is 0.475 e. The Bertz CT molecular complexity index is 388. The fourth-order valence-corrected chi connectivity index (χ4v) is 1.32. The summed E-state index contributed by atoms with van der Waals surface area (Å²) in [7, 11) is 1.54. The molecular formula is C12H20N4O2. The van der Waals surface area contributed by atoms with Gasteiger partial charge in [0, 0.05) is 18.7 Å². The Morgan fingerprint density at radius 3 is 2.50 bits per heavy atom. The lowest BCUT2D eigenvalue weighted by molar-refractivity contribution is 0.0956. The SMILES string of the molecule is CCC(N)(CC)COc1ccc(C(=O)NC)nn1. The van der Waals surface area contributed by atoms with Crippen LogP contribution in [0.5, 0.6) is 5.88 Å². The van der Waals surface area contributed by atoms with Crippen molar-refractivity contribution in [3.63, 3.8) is 0 Å². The van der Waals surface area contributed by atoms with Crippen molar-refractivity contribution in [2.24, 2.45) is 5.73 Å². The van der Waals surface area contributed by atoms with Crippen LogP contribution in [0.4, 0.5) is 0 Å². The maximum atomic E-state index is 11.3. The summed E-state index contributed by atoms with van der Waals surface area (Å²) < 4.78 is 5.49. The number of ether oxygens (including phenoxy) is 1. The Kier molecular flexibility index (Phi) is 5.03. The van der Waals surface area contributed by atoms with E-state index < -0.39 is 0 Å². The molecule has 3 N–H and O–H groups in total. The summed E-state index contributed by atoms with van der Waals surface area (Å²) in [5, 5.41) is 10.1. The summed E-state index contributed by atoms with van der Waals surface area (Å²) >= 11 is 0. The number of rotatable bonds is 6. The first-order valence-electron chi connectivity index (χ1n) is 6.02. The number of amides is 1. The number of carbonyl (C=O) groups is 1. The molecule has 1 amide bonds. The molecule has 0 radical (unpaired) electrons. The highest BCUT2D eigenvalue weighted by Gasteiger charge is 2.21. The Balaban J connectivity index is 2.62. The van der Waals surface area contributed by atoms with Crippen LogP contribution in [0.2, 0.25) is 0 Å². The van der Waals surface area contributed by atoms with E-state index in [-0.39, 0.29) is 17.1 Å². The molecule has 0 aliphatic carbocycles. The Labute approximate surface area is 107 Å². The molecule has 0 unspecified atom stereocenters. The van der Waals surface area contributed by atoms with E-state index in [9.17, 15) is 4.79 Å². The second-order valence-corrected chi connectivity index (χ2v) is 4.19. The smallest absolute Gasteiger partial charge is 0.271 e. The first kappa shape index (κ1) is 14.4. The van der Waals surface area contributed by atoms with Gasteiger partial charge < -0.3 is 15.8 Å². The number of hydrogen-bond acceptors (Lipinski definition) is 5. The molecule has 1 aromatic heterocycles. The van der Waals surface area contributed by atoms with Gasteiger partial charge in [0.25, 0.3) is 5.91 Å². The molecular weight excluding hydrogens is 232 g/mol. The van der Waals surface area contributed by atoms with E-state index in [4.69, 9.17) is 10.5 Å². The van der Waals surface area contributed by atoms with Crippen molar-refractivity contribution in [2.45, 2.75) is 32.2 Å². The van der Waals surface area contributed by atoms with Crippen molar-refractivity contribution in [3.8, 4) is 5.88 Å². The molecule has 0 fully saturated rings. The van der Waals surface area contributed by atoms with E-state index in [1.807, 2.05) is 13.8 Å². The molecule has 0 aliphatic heterocycles. The van der Waals surface area contributed by atoms with Gasteiger partial charge >= 0.3 is 0 Å². The van der Waals surface area contributed by atoms with Crippen LogP contribution in [0.1, 0.15) is 37.2 Å². The molecule has 6 nitrogen and oxygen atoms in total. The highest BCUT2D eigenvalue weighted by Crippen LogP contribution is 2.14. The molecule has 0 saturated carbocycles. The first-order chi connectivity index (χ1) is 8.54. The predicted octanol–water partition coefficient (Wildman–Crippen LogP) is 0.732. The van der Waals surface area contributed by atoms with Crippen LogP contribution >= 0.6 is 0 Å². The van der Waals surface area contributed by atoms with Crippen LogP contribution in [0, 0.1) is 0 Å². The molecule has 0 aromatic carbocycles. The second kappa shape index (κ2) is 6.30. The van der Waals surface area contributed by atoms with Crippen molar-refractivity contribution in [3.05, 3.63) is 17.8 Å². The summed E-state index contributed by atoms with van der Waals surface area (Å²) in [6, 6.07) is 3.18. The van der Waals surface area contributed by atoms with E-state index in [0.717, 1.165) is 12.8 Å². The molecule has 0 atom stereocenters. The fourth-order valence-electron chi connectivity index (χ4n) is 1.32. The average Bonchev–Trinajstić information content (AvgIpc) is 2.44. The van der Waals surface area contributed by atoms with Crippen LogP contribution in [0.15, 0.2) is 12.1 Å². The van der Waals surface area contributed by atoms with Crippen molar-refractivity contribution in [1.29, 1.82) is 0 Å². The standard InChI is InChI=1S/C12H20N4O2/c1-4-12(13,5-2)8-18-10-7-6-9(15-16-10)11(17)14-3/h6-7H,4-5,8,13H2,1-3H3,(H,14,17). The van der Waals surface area contributed by atoms with E-state index in [1.165, 1.54) is 0 Å². The van der Waals surface area contributed by atoms with Gasteiger partial charge in [0.15, 0.2) is 5.69 Å². The third-order valence-electron chi connectivity index (χ3n) is 3.02. The lowest BCUT2D eigenvalue weighted by Gasteiger charge is -2.25. The third-order valence-corrected chi connectivity index (χ3v) is 3.02. The van der Waals surface area contributed by atoms with Gasteiger partial charge in [-0.05, 0) is 18.9 Å². The van der Waals surface area contributed by atoms with Gasteiger partial charge in [-0.3, -0.25) is 4.79 Å². The van der Waals surface area contributed by atoms with E-state index >= 15 is 0 Å². The van der Waals surface area contributed by atoms with Gasteiger partial charge in [-0.2, -0.15) is 0 Å². The first-order valence-corrected chi connectivity index (χ1v) is 6.02. The summed E-state index contributed by atoms with van der Waals surface area (Å²) in [6.45, 7) is 4.43. The molecule has 1 aromatic rings. The second-order valence-electron chi connectivity index (χ2n) is 4.19. The lowest BCUT2D eigenvalue weighted by Crippen LogP contribution is -2.44. The normalized spacial score (nSPS) is 11.1. The zero-order valence-corrected chi connectivity index (χ0v) is 11.1. The number of nitrogens with zero attached hydrogens (tertiary/aromatic N) is 2. The molecule has 1 rings (SSSR count). The van der Waals surface area contributed by atoms with Crippen LogP contribution in [-0.2, 0) is 0 Å². The molecule has 1 heterocycles. The maximum Gasteiger partial charge on any atom is 0.271 e. The average molecular weight is 252 g/mol. The summed E-state index contributed by atoms with van der Waals surface area (Å²) in [5.41, 5.74) is 6.02. The molecule has 18 heavy (non-hydrogen) atoms. The van der Waals surface area contributed by atoms with Gasteiger partial charge in [-0.25, -0.2) is 0 Å². The zero-order chi connectivity index (χ0) is 13.6. The summed E-state index contributed by atoms with van der Waals surface area (Å²) in [4.78, 5) is 11.3. The van der Waals surface area contributed by atoms with Gasteiger partial charge in [0.1, 0.15) is 6.61 Å². The zero-order valence-electron chi connectivity index (χ0n) is 11.1. The third kappa shape index (κ3) is 3.66. The number of nitrogens with one attached hydrogen (secondary N) is 1. The van der Waals surface area contributed by atoms with Gasteiger partial charge in [0.05, 0.1) is 0 Å². The molecule has 0 spiro atoms. The predicted molar refractivity (Wildman–Crippen MR) is 68.4 cm³/mol. The summed E-state index contributed by atoms with van der Waals surface area (Å²) in [6.07, 6.45) is 1.65. The molecule has 0 bridgehead atoms. The quantitative estimate of drug-likeness (QED) is 0.779. The lowest BCUT2D eigenvalue weighted by atomic mass is 9.96. The van der Waals surface area contributed by atoms with E-state index in [0.29, 0.717) is 12.5 Å². The number of carbonyl (C=O) groups excluding carboxylic acids is 1. The minimum atomic E-state index is -0.346. The fraction of sp³-hybridized carbons (Fsp3) is 0.583. The summed E-state index contributed by atoms with van der Waals surface area (Å²) in [5.74, 6) is 0.101. The number of hydrogen-bond donors (Lipinski definition) is 2. The number of aromatic nitrogens is 2. The van der Waals surface area contributed by atoms with Crippen molar-refractivity contribution in [2.75, 3.05) is 13.7 Å². The maximum absolute atomic E-state index is 11.3. The molecule has 0 aliphatic rings. The Morgan fingerprint density at radius 1 is 1.39 bits per heavy atom. The Hall–Kier alpha value is -1.69. The molecule has 6 heteroatoms. The van der Waals surface area contributed by atoms with Gasteiger partial charge in [-0.1, -0.05) is 13.8 Å². The van der Waals surface area contributed by atoms with E-state index in [1.54, 1.807) is 19.2 Å². The highest BCUT2D eigenvalue weighted by atomic mass is 16.5. The van der Waals surface area contributed by atoms with Gasteiger partial charge in [-0.15, -0.1) is 10.2 Å². The van der Waals surface area contributed by atoms with Crippen LogP contribution in [-0.4, -0.2) is 35.3 Å². The van der Waals surface area contributed by atoms with Crippen molar-refractivity contribution >= 4 is 5.91 Å². The van der Waals surface area contributed by atoms with E-state index in [2.05, 4.69) is 15.5 Å².